The van der Waals surface area contributed by atoms with Crippen molar-refractivity contribution in [3.8, 4) is 28.5 Å². The number of hydrogen-bond donors (Lipinski definition) is 0. The Balaban J connectivity index is 1.25. The summed E-state index contributed by atoms with van der Waals surface area (Å²) in [4.78, 5) is 22.9. The second-order valence-corrected chi connectivity index (χ2v) is 8.84. The maximum atomic E-state index is 9.64. The number of rotatable bonds is 5. The van der Waals surface area contributed by atoms with Crippen molar-refractivity contribution in [3.63, 3.8) is 0 Å². The number of aryl methyl sites for hydroxylation is 1. The third kappa shape index (κ3) is 4.16. The van der Waals surface area contributed by atoms with Crippen LogP contribution in [0, 0.1) is 11.3 Å². The summed E-state index contributed by atoms with van der Waals surface area (Å²) in [5.41, 5.74) is 5.81. The highest BCUT2D eigenvalue weighted by atomic mass is 15.3. The zero-order valence-electron chi connectivity index (χ0n) is 19.9. The third-order valence-corrected chi connectivity index (χ3v) is 6.46. The average molecular weight is 477 g/mol. The zero-order valence-corrected chi connectivity index (χ0v) is 19.9. The van der Waals surface area contributed by atoms with E-state index in [1.807, 2.05) is 66.7 Å². The summed E-state index contributed by atoms with van der Waals surface area (Å²) >= 11 is 0. The summed E-state index contributed by atoms with van der Waals surface area (Å²) in [6, 6.07) is 12.3. The Morgan fingerprint density at radius 3 is 2.42 bits per heavy atom. The van der Waals surface area contributed by atoms with Crippen molar-refractivity contribution in [1.29, 1.82) is 5.26 Å². The SMILES string of the molecule is Cn1cc(-c2cc(-c3cnc(N4CCN(Cc5ccccn5)CC4)nc3)n3c(C#N)cnc3c2)cn1. The molecule has 36 heavy (non-hydrogen) atoms. The highest BCUT2D eigenvalue weighted by Gasteiger charge is 2.20. The van der Waals surface area contributed by atoms with Crippen molar-refractivity contribution in [2.75, 3.05) is 31.1 Å². The lowest BCUT2D eigenvalue weighted by Gasteiger charge is -2.34. The number of anilines is 1. The van der Waals surface area contributed by atoms with Crippen molar-refractivity contribution in [3.05, 3.63) is 78.9 Å². The standard InChI is InChI=1S/C26H24N10/c1-33-17-21(15-32-33)19-10-24(36-23(12-27)16-29-25(36)11-19)20-13-30-26(31-14-20)35-8-6-34(7-9-35)18-22-4-2-3-5-28-22/h2-5,10-11,13-17H,6-9,18H2,1H3. The van der Waals surface area contributed by atoms with Crippen LogP contribution in [0.1, 0.15) is 11.4 Å². The predicted octanol–water partition coefficient (Wildman–Crippen LogP) is 2.78. The van der Waals surface area contributed by atoms with Crippen LogP contribution in [0.25, 0.3) is 28.0 Å². The van der Waals surface area contributed by atoms with E-state index in [1.54, 1.807) is 10.9 Å². The molecule has 1 aliphatic heterocycles. The number of piperazine rings is 1. The number of imidazole rings is 1. The van der Waals surface area contributed by atoms with E-state index in [1.165, 1.54) is 0 Å². The quantitative estimate of drug-likeness (QED) is 0.381. The molecule has 5 aromatic heterocycles. The highest BCUT2D eigenvalue weighted by molar-refractivity contribution is 5.75. The molecule has 0 unspecified atom stereocenters. The fraction of sp³-hybridized carbons (Fsp3) is 0.231. The van der Waals surface area contributed by atoms with Gasteiger partial charge >= 0.3 is 0 Å². The minimum Gasteiger partial charge on any atom is -0.338 e. The van der Waals surface area contributed by atoms with E-state index >= 15 is 0 Å². The molecule has 10 heteroatoms. The molecule has 5 aromatic rings. The number of hydrogen-bond acceptors (Lipinski definition) is 8. The zero-order chi connectivity index (χ0) is 24.5. The molecule has 0 aliphatic carbocycles. The number of pyridine rings is 2. The first kappa shape index (κ1) is 21.9. The third-order valence-electron chi connectivity index (χ3n) is 6.46. The normalized spacial score (nSPS) is 14.3. The summed E-state index contributed by atoms with van der Waals surface area (Å²) in [6.07, 6.45) is 10.8. The van der Waals surface area contributed by atoms with Gasteiger partial charge in [-0.1, -0.05) is 6.07 Å². The first-order chi connectivity index (χ1) is 17.7. The van der Waals surface area contributed by atoms with Crippen LogP contribution in [-0.2, 0) is 13.6 Å². The van der Waals surface area contributed by atoms with Gasteiger partial charge in [-0.25, -0.2) is 15.0 Å². The van der Waals surface area contributed by atoms with Crippen LogP contribution < -0.4 is 4.90 Å². The topological polar surface area (TPSA) is 104 Å². The number of fused-ring (bicyclic) bond motifs is 1. The molecule has 0 saturated carbocycles. The van der Waals surface area contributed by atoms with E-state index in [-0.39, 0.29) is 0 Å². The maximum absolute atomic E-state index is 9.64. The lowest BCUT2D eigenvalue weighted by atomic mass is 10.1. The molecule has 6 rings (SSSR count). The van der Waals surface area contributed by atoms with Crippen LogP contribution in [0.2, 0.25) is 0 Å². The van der Waals surface area contributed by atoms with Crippen LogP contribution in [0.5, 0.6) is 0 Å². The lowest BCUT2D eigenvalue weighted by molar-refractivity contribution is 0.246. The van der Waals surface area contributed by atoms with Gasteiger partial charge in [-0.3, -0.25) is 19.0 Å². The van der Waals surface area contributed by atoms with E-state index in [4.69, 9.17) is 9.97 Å². The molecule has 6 heterocycles. The molecule has 1 saturated heterocycles. The Morgan fingerprint density at radius 1 is 0.889 bits per heavy atom. The fourth-order valence-corrected chi connectivity index (χ4v) is 4.59. The first-order valence-electron chi connectivity index (χ1n) is 11.8. The van der Waals surface area contributed by atoms with Crippen LogP contribution in [0.15, 0.2) is 67.5 Å². The lowest BCUT2D eigenvalue weighted by Crippen LogP contribution is -2.46. The highest BCUT2D eigenvalue weighted by Crippen LogP contribution is 2.29. The van der Waals surface area contributed by atoms with Gasteiger partial charge in [0.05, 0.1) is 23.8 Å². The van der Waals surface area contributed by atoms with Gasteiger partial charge in [0.1, 0.15) is 17.4 Å². The van der Waals surface area contributed by atoms with Crippen molar-refractivity contribution >= 4 is 11.6 Å². The Labute approximate surface area is 208 Å². The molecule has 0 radical (unpaired) electrons. The predicted molar refractivity (Wildman–Crippen MR) is 135 cm³/mol. The molecule has 0 amide bonds. The smallest absolute Gasteiger partial charge is 0.225 e. The average Bonchev–Trinajstić information content (AvgIpc) is 3.55. The van der Waals surface area contributed by atoms with E-state index < -0.39 is 0 Å². The molecule has 10 nitrogen and oxygen atoms in total. The van der Waals surface area contributed by atoms with Gasteiger partial charge in [-0.05, 0) is 29.8 Å². The van der Waals surface area contributed by atoms with Gasteiger partial charge in [0.15, 0.2) is 0 Å². The van der Waals surface area contributed by atoms with Gasteiger partial charge < -0.3 is 4.90 Å². The van der Waals surface area contributed by atoms with Gasteiger partial charge in [0.25, 0.3) is 0 Å². The Hall–Kier alpha value is -4.62. The summed E-state index contributed by atoms with van der Waals surface area (Å²) in [7, 11) is 1.89. The number of nitriles is 1. The van der Waals surface area contributed by atoms with E-state index in [2.05, 4.69) is 37.0 Å². The molecule has 1 aliphatic rings. The van der Waals surface area contributed by atoms with Crippen molar-refractivity contribution in [1.82, 2.24) is 39.0 Å². The van der Waals surface area contributed by atoms with E-state index in [0.29, 0.717) is 17.3 Å². The van der Waals surface area contributed by atoms with Crippen molar-refractivity contribution in [2.24, 2.45) is 7.05 Å². The number of aromatic nitrogens is 7. The number of nitrogens with zero attached hydrogens (tertiary/aromatic N) is 10. The fourth-order valence-electron chi connectivity index (χ4n) is 4.59. The van der Waals surface area contributed by atoms with Crippen LogP contribution >= 0.6 is 0 Å². The molecule has 0 aromatic carbocycles. The molecule has 0 N–H and O–H groups in total. The first-order valence-corrected chi connectivity index (χ1v) is 11.8. The second kappa shape index (κ2) is 9.20. The summed E-state index contributed by atoms with van der Waals surface area (Å²) < 4.78 is 3.61. The summed E-state index contributed by atoms with van der Waals surface area (Å²) in [6.45, 7) is 4.41. The van der Waals surface area contributed by atoms with E-state index in [9.17, 15) is 5.26 Å². The minimum absolute atomic E-state index is 0.464. The van der Waals surface area contributed by atoms with E-state index in [0.717, 1.165) is 60.8 Å². The molecular formula is C26H24N10. The monoisotopic (exact) mass is 476 g/mol. The van der Waals surface area contributed by atoms with Crippen molar-refractivity contribution < 1.29 is 0 Å². The maximum Gasteiger partial charge on any atom is 0.225 e. The molecule has 0 bridgehead atoms. The molecule has 0 spiro atoms. The van der Waals surface area contributed by atoms with Crippen LogP contribution in [0.4, 0.5) is 5.95 Å². The minimum atomic E-state index is 0.464. The molecule has 1 fully saturated rings. The van der Waals surface area contributed by atoms with Crippen LogP contribution in [-0.4, -0.2) is 65.2 Å². The van der Waals surface area contributed by atoms with Gasteiger partial charge in [-0.2, -0.15) is 10.4 Å². The molecular weight excluding hydrogens is 452 g/mol. The summed E-state index contributed by atoms with van der Waals surface area (Å²) in [5.74, 6) is 0.710. The largest absolute Gasteiger partial charge is 0.338 e. The summed E-state index contributed by atoms with van der Waals surface area (Å²) in [5, 5.41) is 13.9. The van der Waals surface area contributed by atoms with Gasteiger partial charge in [0.2, 0.25) is 5.95 Å². The molecule has 0 atom stereocenters. The van der Waals surface area contributed by atoms with Crippen molar-refractivity contribution in [2.45, 2.75) is 6.54 Å². The molecule has 178 valence electrons. The van der Waals surface area contributed by atoms with Gasteiger partial charge in [0, 0.05) is 75.7 Å². The Morgan fingerprint density at radius 2 is 1.72 bits per heavy atom. The second-order valence-electron chi connectivity index (χ2n) is 8.84. The Kier molecular flexibility index (Phi) is 5.59. The Bertz CT molecular complexity index is 1540. The van der Waals surface area contributed by atoms with Gasteiger partial charge in [-0.15, -0.1) is 0 Å². The van der Waals surface area contributed by atoms with Crippen LogP contribution in [0.3, 0.4) is 0 Å².